The Labute approximate surface area is 161 Å². The second-order valence-electron chi connectivity index (χ2n) is 7.69. The summed E-state index contributed by atoms with van der Waals surface area (Å²) in [5.41, 5.74) is 4.40. The Morgan fingerprint density at radius 3 is 2.52 bits per heavy atom. The molecule has 4 nitrogen and oxygen atoms in total. The van der Waals surface area contributed by atoms with Crippen molar-refractivity contribution >= 4 is 11.6 Å². The average molecular weight is 364 g/mol. The van der Waals surface area contributed by atoms with Crippen LogP contribution in [0.15, 0.2) is 59.8 Å². The highest BCUT2D eigenvalue weighted by molar-refractivity contribution is 6.01. The number of benzene rings is 2. The fourth-order valence-electron chi connectivity index (χ4n) is 3.23. The van der Waals surface area contributed by atoms with E-state index in [1.807, 2.05) is 23.1 Å². The number of carbonyl (C=O) groups is 1. The Balaban J connectivity index is 1.65. The molecule has 0 bridgehead atoms. The van der Waals surface area contributed by atoms with Crippen molar-refractivity contribution in [2.45, 2.75) is 46.3 Å². The minimum Gasteiger partial charge on any atom is -0.390 e. The van der Waals surface area contributed by atoms with Crippen molar-refractivity contribution in [3.8, 4) is 0 Å². The molecule has 27 heavy (non-hydrogen) atoms. The third kappa shape index (κ3) is 5.43. The van der Waals surface area contributed by atoms with Crippen LogP contribution in [0, 0.1) is 12.8 Å². The van der Waals surface area contributed by atoms with Crippen molar-refractivity contribution in [2.24, 2.45) is 11.1 Å². The van der Waals surface area contributed by atoms with E-state index in [2.05, 4.69) is 62.3 Å². The smallest absolute Gasteiger partial charge is 0.223 e. The van der Waals surface area contributed by atoms with E-state index in [4.69, 9.17) is 4.84 Å². The second-order valence-corrected chi connectivity index (χ2v) is 7.69. The number of nitrogens with zero attached hydrogens (tertiary/aromatic N) is 2. The van der Waals surface area contributed by atoms with Gasteiger partial charge in [0.1, 0.15) is 0 Å². The number of carbonyl (C=O) groups excluding carboxylic acids is 1. The number of hydrogen-bond donors (Lipinski definition) is 0. The topological polar surface area (TPSA) is 41.9 Å². The van der Waals surface area contributed by atoms with Crippen LogP contribution in [0.5, 0.6) is 0 Å². The van der Waals surface area contributed by atoms with Crippen molar-refractivity contribution in [3.05, 3.63) is 71.3 Å². The Bertz CT molecular complexity index is 782. The third-order valence-corrected chi connectivity index (χ3v) is 4.69. The second kappa shape index (κ2) is 8.85. The van der Waals surface area contributed by atoms with E-state index in [0.717, 1.165) is 23.3 Å². The largest absolute Gasteiger partial charge is 0.390 e. The number of rotatable bonds is 7. The molecule has 0 saturated carbocycles. The van der Waals surface area contributed by atoms with Crippen LogP contribution in [0.2, 0.25) is 0 Å². The fraction of sp³-hybridized carbons (Fsp3) is 0.391. The predicted octanol–water partition coefficient (Wildman–Crippen LogP) is 4.56. The molecule has 1 aliphatic rings. The van der Waals surface area contributed by atoms with Crippen molar-refractivity contribution in [1.29, 1.82) is 0 Å². The molecule has 0 spiro atoms. The molecule has 0 aromatic heterocycles. The molecule has 1 atom stereocenters. The summed E-state index contributed by atoms with van der Waals surface area (Å²) in [5, 5.41) is 4.28. The van der Waals surface area contributed by atoms with Gasteiger partial charge in [0.05, 0.1) is 12.3 Å². The van der Waals surface area contributed by atoms with E-state index in [0.29, 0.717) is 25.4 Å². The molecule has 1 aliphatic heterocycles. The standard InChI is InChI=1S/C23H28N2O2/c1-17(2)13-23(26)25(15-19-7-5-4-6-8-19)16-21-14-22(24-27-21)20-11-9-18(3)10-12-20/h4-12,17,21H,13-16H2,1-3H3/t21-/m1/s1. The van der Waals surface area contributed by atoms with Gasteiger partial charge >= 0.3 is 0 Å². The van der Waals surface area contributed by atoms with Gasteiger partial charge < -0.3 is 9.74 Å². The Hall–Kier alpha value is -2.62. The molecular formula is C23H28N2O2. The van der Waals surface area contributed by atoms with Gasteiger partial charge in [0.2, 0.25) is 5.91 Å². The Morgan fingerprint density at radius 2 is 1.85 bits per heavy atom. The summed E-state index contributed by atoms with van der Waals surface area (Å²) in [6.45, 7) is 7.37. The van der Waals surface area contributed by atoms with Crippen molar-refractivity contribution in [1.82, 2.24) is 4.90 Å². The summed E-state index contributed by atoms with van der Waals surface area (Å²) in [5.74, 6) is 0.501. The number of oxime groups is 1. The van der Waals surface area contributed by atoms with Gasteiger partial charge in [0.25, 0.3) is 0 Å². The molecule has 0 saturated heterocycles. The van der Waals surface area contributed by atoms with Gasteiger partial charge in [-0.05, 0) is 24.0 Å². The molecule has 3 rings (SSSR count). The highest BCUT2D eigenvalue weighted by Crippen LogP contribution is 2.20. The highest BCUT2D eigenvalue weighted by Gasteiger charge is 2.27. The van der Waals surface area contributed by atoms with Crippen LogP contribution in [-0.2, 0) is 16.2 Å². The van der Waals surface area contributed by atoms with E-state index in [1.54, 1.807) is 0 Å². The predicted molar refractivity (Wildman–Crippen MR) is 109 cm³/mol. The average Bonchev–Trinajstić information content (AvgIpc) is 3.10. The molecular weight excluding hydrogens is 336 g/mol. The van der Waals surface area contributed by atoms with Crippen molar-refractivity contribution in [3.63, 3.8) is 0 Å². The number of aryl methyl sites for hydroxylation is 1. The molecule has 0 radical (unpaired) electrons. The first-order chi connectivity index (χ1) is 13.0. The highest BCUT2D eigenvalue weighted by atomic mass is 16.6. The lowest BCUT2D eigenvalue weighted by Crippen LogP contribution is -2.37. The molecule has 4 heteroatoms. The van der Waals surface area contributed by atoms with Gasteiger partial charge in [0, 0.05) is 19.4 Å². The van der Waals surface area contributed by atoms with Crippen LogP contribution in [0.25, 0.3) is 0 Å². The van der Waals surface area contributed by atoms with Crippen LogP contribution in [0.1, 0.15) is 43.4 Å². The maximum absolute atomic E-state index is 12.8. The summed E-state index contributed by atoms with van der Waals surface area (Å²) in [6.07, 6.45) is 1.18. The first-order valence-corrected chi connectivity index (χ1v) is 9.62. The maximum atomic E-state index is 12.8. The molecule has 2 aromatic carbocycles. The van der Waals surface area contributed by atoms with Gasteiger partial charge in [-0.25, -0.2) is 0 Å². The van der Waals surface area contributed by atoms with E-state index >= 15 is 0 Å². The maximum Gasteiger partial charge on any atom is 0.223 e. The molecule has 0 unspecified atom stereocenters. The SMILES string of the molecule is Cc1ccc(C2=NO[C@@H](CN(Cc3ccccc3)C(=O)CC(C)C)C2)cc1. The molecule has 1 heterocycles. The fourth-order valence-corrected chi connectivity index (χ4v) is 3.23. The van der Waals surface area contributed by atoms with Gasteiger partial charge in [-0.2, -0.15) is 0 Å². The van der Waals surface area contributed by atoms with Crippen molar-refractivity contribution in [2.75, 3.05) is 6.54 Å². The van der Waals surface area contributed by atoms with E-state index in [9.17, 15) is 4.79 Å². The van der Waals surface area contributed by atoms with E-state index in [-0.39, 0.29) is 12.0 Å². The molecule has 0 aliphatic carbocycles. The minimum atomic E-state index is -0.0962. The zero-order chi connectivity index (χ0) is 19.2. The number of hydrogen-bond acceptors (Lipinski definition) is 3. The van der Waals surface area contributed by atoms with Crippen LogP contribution < -0.4 is 0 Å². The van der Waals surface area contributed by atoms with Crippen LogP contribution in [0.4, 0.5) is 0 Å². The first kappa shape index (κ1) is 19.2. The zero-order valence-corrected chi connectivity index (χ0v) is 16.4. The normalized spacial score (nSPS) is 16.1. The summed E-state index contributed by atoms with van der Waals surface area (Å²) in [4.78, 5) is 20.3. The molecule has 142 valence electrons. The van der Waals surface area contributed by atoms with Crippen molar-refractivity contribution < 1.29 is 9.63 Å². The Morgan fingerprint density at radius 1 is 1.15 bits per heavy atom. The summed E-state index contributed by atoms with van der Waals surface area (Å²) in [7, 11) is 0. The molecule has 2 aromatic rings. The Kier molecular flexibility index (Phi) is 6.28. The third-order valence-electron chi connectivity index (χ3n) is 4.69. The summed E-state index contributed by atoms with van der Waals surface area (Å²) < 4.78 is 0. The lowest BCUT2D eigenvalue weighted by Gasteiger charge is -2.26. The van der Waals surface area contributed by atoms with Crippen LogP contribution in [-0.4, -0.2) is 29.2 Å². The lowest BCUT2D eigenvalue weighted by molar-refractivity contribution is -0.134. The number of amides is 1. The molecule has 1 amide bonds. The van der Waals surface area contributed by atoms with Crippen LogP contribution >= 0.6 is 0 Å². The van der Waals surface area contributed by atoms with Crippen LogP contribution in [0.3, 0.4) is 0 Å². The van der Waals surface area contributed by atoms with Gasteiger partial charge in [-0.3, -0.25) is 4.79 Å². The summed E-state index contributed by atoms with van der Waals surface area (Å²) >= 11 is 0. The molecule has 0 N–H and O–H groups in total. The van der Waals surface area contributed by atoms with Gasteiger partial charge in [-0.15, -0.1) is 0 Å². The monoisotopic (exact) mass is 364 g/mol. The first-order valence-electron chi connectivity index (χ1n) is 9.62. The zero-order valence-electron chi connectivity index (χ0n) is 16.4. The van der Waals surface area contributed by atoms with E-state index in [1.165, 1.54) is 5.56 Å². The summed E-state index contributed by atoms with van der Waals surface area (Å²) in [6, 6.07) is 18.4. The minimum absolute atomic E-state index is 0.0962. The van der Waals surface area contributed by atoms with E-state index < -0.39 is 0 Å². The van der Waals surface area contributed by atoms with Gasteiger partial charge in [0.15, 0.2) is 6.10 Å². The van der Waals surface area contributed by atoms with Gasteiger partial charge in [-0.1, -0.05) is 79.2 Å². The lowest BCUT2D eigenvalue weighted by atomic mass is 10.0. The molecule has 0 fully saturated rings. The quantitative estimate of drug-likeness (QED) is 0.722.